The summed E-state index contributed by atoms with van der Waals surface area (Å²) in [4.78, 5) is 24.1. The Balaban J connectivity index is 2.11. The molecule has 1 unspecified atom stereocenters. The van der Waals surface area contributed by atoms with E-state index in [0.29, 0.717) is 12.1 Å². The van der Waals surface area contributed by atoms with Crippen LogP contribution in [0.4, 0.5) is 5.69 Å². The normalized spacial score (nSPS) is 21.1. The summed E-state index contributed by atoms with van der Waals surface area (Å²) in [5.74, 6) is -0.114. The van der Waals surface area contributed by atoms with Crippen molar-refractivity contribution in [3.05, 3.63) is 29.3 Å². The van der Waals surface area contributed by atoms with E-state index in [1.54, 1.807) is 18.2 Å². The van der Waals surface area contributed by atoms with Gasteiger partial charge in [0.05, 0.1) is 5.54 Å². The lowest BCUT2D eigenvalue weighted by Crippen LogP contribution is -2.48. The van der Waals surface area contributed by atoms with Crippen molar-refractivity contribution in [1.29, 1.82) is 0 Å². The molecule has 1 aromatic rings. The van der Waals surface area contributed by atoms with Crippen molar-refractivity contribution in [1.82, 2.24) is 10.6 Å². The number of rotatable bonds is 4. The van der Waals surface area contributed by atoms with Gasteiger partial charge in [0.25, 0.3) is 5.91 Å². The second kappa shape index (κ2) is 6.26. The number of benzene rings is 1. The average Bonchev–Trinajstić information content (AvgIpc) is 2.89. The van der Waals surface area contributed by atoms with E-state index in [-0.39, 0.29) is 11.8 Å². The van der Waals surface area contributed by atoms with Gasteiger partial charge in [-0.2, -0.15) is 0 Å². The average molecular weight is 289 g/mol. The van der Waals surface area contributed by atoms with Gasteiger partial charge in [0.1, 0.15) is 0 Å². The highest BCUT2D eigenvalue weighted by Gasteiger charge is 2.35. The van der Waals surface area contributed by atoms with Crippen LogP contribution in [0.2, 0.25) is 0 Å². The Labute approximate surface area is 125 Å². The quantitative estimate of drug-likeness (QED) is 0.792. The second-order valence-corrected chi connectivity index (χ2v) is 5.71. The topological polar surface area (TPSA) is 70.2 Å². The highest BCUT2D eigenvalue weighted by Crippen LogP contribution is 2.23. The lowest BCUT2D eigenvalue weighted by Gasteiger charge is -2.23. The molecule has 0 aliphatic carbocycles. The molecule has 5 nitrogen and oxygen atoms in total. The monoisotopic (exact) mass is 289 g/mol. The van der Waals surface area contributed by atoms with E-state index in [4.69, 9.17) is 0 Å². The molecule has 5 heteroatoms. The molecule has 1 atom stereocenters. The zero-order valence-corrected chi connectivity index (χ0v) is 12.9. The minimum absolute atomic E-state index is 0.0196. The first-order valence-electron chi connectivity index (χ1n) is 7.41. The van der Waals surface area contributed by atoms with Crippen LogP contribution in [0.1, 0.15) is 42.6 Å². The summed E-state index contributed by atoms with van der Waals surface area (Å²) in [6.45, 7) is 7.17. The Bertz CT molecular complexity index is 548. The van der Waals surface area contributed by atoms with Crippen molar-refractivity contribution in [2.45, 2.75) is 39.2 Å². The van der Waals surface area contributed by atoms with Gasteiger partial charge in [0, 0.05) is 17.8 Å². The number of amides is 2. The van der Waals surface area contributed by atoms with Gasteiger partial charge in [-0.25, -0.2) is 0 Å². The van der Waals surface area contributed by atoms with Gasteiger partial charge in [-0.15, -0.1) is 0 Å². The van der Waals surface area contributed by atoms with Crippen LogP contribution < -0.4 is 16.0 Å². The van der Waals surface area contributed by atoms with Crippen LogP contribution in [0.25, 0.3) is 0 Å². The smallest absolute Gasteiger partial charge is 0.251 e. The lowest BCUT2D eigenvalue weighted by molar-refractivity contribution is -0.121. The predicted molar refractivity (Wildman–Crippen MR) is 83.5 cm³/mol. The summed E-state index contributed by atoms with van der Waals surface area (Å²) in [6.07, 6.45) is 1.86. The first kappa shape index (κ1) is 15.5. The maximum atomic E-state index is 12.4. The molecule has 3 N–H and O–H groups in total. The van der Waals surface area contributed by atoms with Crippen LogP contribution in [0.3, 0.4) is 0 Å². The summed E-state index contributed by atoms with van der Waals surface area (Å²) < 4.78 is 0. The molecule has 1 saturated heterocycles. The molecule has 0 saturated carbocycles. The minimum Gasteiger partial charge on any atom is -0.352 e. The molecule has 1 aliphatic rings. The molecule has 2 amide bonds. The maximum Gasteiger partial charge on any atom is 0.251 e. The SMILES string of the molecule is CCNC(=O)c1ccc(NC(=O)C2(C)CCCN2)c(C)c1. The highest BCUT2D eigenvalue weighted by molar-refractivity contribution is 6.00. The molecule has 1 fully saturated rings. The summed E-state index contributed by atoms with van der Waals surface area (Å²) in [6, 6.07) is 5.32. The van der Waals surface area contributed by atoms with Gasteiger partial charge in [0.15, 0.2) is 0 Å². The van der Waals surface area contributed by atoms with Gasteiger partial charge in [0.2, 0.25) is 5.91 Å². The Morgan fingerprint density at radius 1 is 1.38 bits per heavy atom. The molecule has 1 heterocycles. The molecule has 0 radical (unpaired) electrons. The van der Waals surface area contributed by atoms with Crippen LogP contribution >= 0.6 is 0 Å². The summed E-state index contributed by atoms with van der Waals surface area (Å²) in [5, 5.41) is 8.96. The minimum atomic E-state index is -0.495. The standard InChI is InChI=1S/C16H23N3O2/c1-4-17-14(20)12-6-7-13(11(2)10-12)19-15(21)16(3)8-5-9-18-16/h6-7,10,18H,4-5,8-9H2,1-3H3,(H,17,20)(H,19,21). The number of carbonyl (C=O) groups excluding carboxylic acids is 2. The van der Waals surface area contributed by atoms with Crippen molar-refractivity contribution in [2.75, 3.05) is 18.4 Å². The second-order valence-electron chi connectivity index (χ2n) is 5.71. The third-order valence-corrected chi connectivity index (χ3v) is 3.94. The zero-order valence-electron chi connectivity index (χ0n) is 12.9. The summed E-state index contributed by atoms with van der Waals surface area (Å²) >= 11 is 0. The molecule has 21 heavy (non-hydrogen) atoms. The van der Waals surface area contributed by atoms with Crippen molar-refractivity contribution in [3.63, 3.8) is 0 Å². The molecule has 1 aromatic carbocycles. The van der Waals surface area contributed by atoms with Gasteiger partial charge in [-0.3, -0.25) is 9.59 Å². The molecule has 114 valence electrons. The van der Waals surface area contributed by atoms with E-state index in [1.807, 2.05) is 20.8 Å². The summed E-state index contributed by atoms with van der Waals surface area (Å²) in [7, 11) is 0. The van der Waals surface area contributed by atoms with E-state index in [2.05, 4.69) is 16.0 Å². The molecule has 0 bridgehead atoms. The Morgan fingerprint density at radius 3 is 2.71 bits per heavy atom. The number of carbonyl (C=O) groups is 2. The third kappa shape index (κ3) is 3.42. The maximum absolute atomic E-state index is 12.4. The Morgan fingerprint density at radius 2 is 2.14 bits per heavy atom. The van der Waals surface area contributed by atoms with Crippen LogP contribution in [0.15, 0.2) is 18.2 Å². The highest BCUT2D eigenvalue weighted by atomic mass is 16.2. The molecular weight excluding hydrogens is 266 g/mol. The molecule has 1 aliphatic heterocycles. The van der Waals surface area contributed by atoms with Crippen molar-refractivity contribution in [2.24, 2.45) is 0 Å². The van der Waals surface area contributed by atoms with Crippen LogP contribution in [0, 0.1) is 6.92 Å². The fourth-order valence-electron chi connectivity index (χ4n) is 2.56. The summed E-state index contributed by atoms with van der Waals surface area (Å²) in [5.41, 5.74) is 1.75. The van der Waals surface area contributed by atoms with E-state index >= 15 is 0 Å². The predicted octanol–water partition coefficient (Wildman–Crippen LogP) is 1.83. The van der Waals surface area contributed by atoms with E-state index < -0.39 is 5.54 Å². The largest absolute Gasteiger partial charge is 0.352 e. The van der Waals surface area contributed by atoms with E-state index in [9.17, 15) is 9.59 Å². The van der Waals surface area contributed by atoms with E-state index in [0.717, 1.165) is 30.6 Å². The van der Waals surface area contributed by atoms with Crippen molar-refractivity contribution in [3.8, 4) is 0 Å². The molecular formula is C16H23N3O2. The number of anilines is 1. The number of hydrogen-bond donors (Lipinski definition) is 3. The van der Waals surface area contributed by atoms with Gasteiger partial charge >= 0.3 is 0 Å². The van der Waals surface area contributed by atoms with Crippen molar-refractivity contribution >= 4 is 17.5 Å². The third-order valence-electron chi connectivity index (χ3n) is 3.94. The van der Waals surface area contributed by atoms with Gasteiger partial charge in [-0.1, -0.05) is 0 Å². The number of nitrogens with one attached hydrogen (secondary N) is 3. The van der Waals surface area contributed by atoms with Crippen LogP contribution in [-0.4, -0.2) is 30.4 Å². The fraction of sp³-hybridized carbons (Fsp3) is 0.500. The zero-order chi connectivity index (χ0) is 15.5. The first-order chi connectivity index (χ1) is 9.96. The van der Waals surface area contributed by atoms with Crippen molar-refractivity contribution < 1.29 is 9.59 Å². The Hall–Kier alpha value is -1.88. The van der Waals surface area contributed by atoms with Crippen LogP contribution in [0.5, 0.6) is 0 Å². The first-order valence-corrected chi connectivity index (χ1v) is 7.41. The molecule has 0 aromatic heterocycles. The lowest BCUT2D eigenvalue weighted by atomic mass is 9.99. The van der Waals surface area contributed by atoms with E-state index in [1.165, 1.54) is 0 Å². The molecule has 2 rings (SSSR count). The van der Waals surface area contributed by atoms with Gasteiger partial charge < -0.3 is 16.0 Å². The number of hydrogen-bond acceptors (Lipinski definition) is 3. The molecule has 0 spiro atoms. The fourth-order valence-corrected chi connectivity index (χ4v) is 2.56. The Kier molecular flexibility index (Phi) is 4.63. The van der Waals surface area contributed by atoms with Gasteiger partial charge in [-0.05, 0) is 63.9 Å². The number of aryl methyl sites for hydroxylation is 1. The van der Waals surface area contributed by atoms with Crippen LogP contribution in [-0.2, 0) is 4.79 Å².